The van der Waals surface area contributed by atoms with E-state index in [0.29, 0.717) is 18.8 Å². The summed E-state index contributed by atoms with van der Waals surface area (Å²) in [5.74, 6) is -0.113. The van der Waals surface area contributed by atoms with E-state index in [0.717, 1.165) is 32.5 Å². The number of nitrogens with zero attached hydrogens (tertiary/aromatic N) is 2. The molecular weight excluding hydrogens is 338 g/mol. The second kappa shape index (κ2) is 8.78. The van der Waals surface area contributed by atoms with Gasteiger partial charge in [0.15, 0.2) is 0 Å². The molecule has 0 unspecified atom stereocenters. The van der Waals surface area contributed by atoms with Crippen LogP contribution in [0.15, 0.2) is 29.2 Å². The van der Waals surface area contributed by atoms with Crippen molar-refractivity contribution in [2.24, 2.45) is 5.92 Å². The lowest BCUT2D eigenvalue weighted by molar-refractivity contribution is -0.120. The average molecular weight is 368 g/mol. The van der Waals surface area contributed by atoms with Crippen LogP contribution in [0.1, 0.15) is 33.6 Å². The summed E-state index contributed by atoms with van der Waals surface area (Å²) >= 11 is 0. The first-order valence-corrected chi connectivity index (χ1v) is 10.5. The van der Waals surface area contributed by atoms with Crippen LogP contribution in [-0.4, -0.2) is 56.3 Å². The highest BCUT2D eigenvalue weighted by Crippen LogP contribution is 2.22. The smallest absolute Gasteiger partial charge is 0.243 e. The standard InChI is InChI=1S/C18H29N3O3S/c1-4-15(5-2)18(22)19-16-8-7-9-17(14-16)25(23,24)21-12-10-20(6-3)11-13-21/h7-9,14-15H,4-6,10-13H2,1-3H3,(H,19,22). The van der Waals surface area contributed by atoms with Gasteiger partial charge in [-0.15, -0.1) is 0 Å². The molecule has 140 valence electrons. The Morgan fingerprint density at radius 3 is 2.32 bits per heavy atom. The molecule has 1 aromatic rings. The van der Waals surface area contributed by atoms with Crippen molar-refractivity contribution in [2.45, 2.75) is 38.5 Å². The molecule has 0 radical (unpaired) electrons. The second-order valence-corrected chi connectivity index (χ2v) is 8.31. The minimum absolute atomic E-state index is 0.0533. The Morgan fingerprint density at radius 2 is 1.76 bits per heavy atom. The maximum absolute atomic E-state index is 12.9. The van der Waals surface area contributed by atoms with Crippen molar-refractivity contribution < 1.29 is 13.2 Å². The van der Waals surface area contributed by atoms with Crippen molar-refractivity contribution in [3.8, 4) is 0 Å². The van der Waals surface area contributed by atoms with Gasteiger partial charge < -0.3 is 10.2 Å². The molecule has 6 nitrogen and oxygen atoms in total. The van der Waals surface area contributed by atoms with Crippen LogP contribution < -0.4 is 5.32 Å². The van der Waals surface area contributed by atoms with E-state index in [-0.39, 0.29) is 16.7 Å². The number of rotatable bonds is 7. The Balaban J connectivity index is 2.13. The van der Waals surface area contributed by atoms with Crippen LogP contribution in [0.3, 0.4) is 0 Å². The predicted octanol–water partition coefficient (Wildman–Crippen LogP) is 2.39. The Hall–Kier alpha value is -1.44. The van der Waals surface area contributed by atoms with E-state index in [2.05, 4.69) is 17.1 Å². The lowest BCUT2D eigenvalue weighted by Crippen LogP contribution is -2.48. The zero-order valence-corrected chi connectivity index (χ0v) is 16.2. The van der Waals surface area contributed by atoms with E-state index in [1.807, 2.05) is 13.8 Å². The summed E-state index contributed by atoms with van der Waals surface area (Å²) in [4.78, 5) is 14.7. The number of anilines is 1. The first-order chi connectivity index (χ1) is 11.9. The van der Waals surface area contributed by atoms with Gasteiger partial charge in [0.05, 0.1) is 4.90 Å². The molecule has 0 aliphatic carbocycles. The third kappa shape index (κ3) is 4.80. The molecule has 1 heterocycles. The van der Waals surface area contributed by atoms with Gasteiger partial charge in [0, 0.05) is 37.8 Å². The monoisotopic (exact) mass is 367 g/mol. The van der Waals surface area contributed by atoms with E-state index in [9.17, 15) is 13.2 Å². The van der Waals surface area contributed by atoms with Gasteiger partial charge in [0.25, 0.3) is 0 Å². The van der Waals surface area contributed by atoms with Crippen molar-refractivity contribution in [3.63, 3.8) is 0 Å². The first kappa shape index (κ1) is 19.9. The normalized spacial score (nSPS) is 17.0. The van der Waals surface area contributed by atoms with Crippen molar-refractivity contribution in [3.05, 3.63) is 24.3 Å². The van der Waals surface area contributed by atoms with Gasteiger partial charge in [0.1, 0.15) is 0 Å². The highest BCUT2D eigenvalue weighted by Gasteiger charge is 2.28. The van der Waals surface area contributed by atoms with Crippen molar-refractivity contribution in [1.82, 2.24) is 9.21 Å². The molecule has 25 heavy (non-hydrogen) atoms. The highest BCUT2D eigenvalue weighted by molar-refractivity contribution is 7.89. The van der Waals surface area contributed by atoms with Gasteiger partial charge in [0.2, 0.25) is 15.9 Å². The van der Waals surface area contributed by atoms with Gasteiger partial charge in [-0.05, 0) is 37.6 Å². The van der Waals surface area contributed by atoms with Crippen LogP contribution in [0.4, 0.5) is 5.69 Å². The lowest BCUT2D eigenvalue weighted by atomic mass is 10.0. The van der Waals surface area contributed by atoms with Crippen molar-refractivity contribution >= 4 is 21.6 Å². The zero-order chi connectivity index (χ0) is 18.4. The number of piperazine rings is 1. The third-order valence-electron chi connectivity index (χ3n) is 4.87. The van der Waals surface area contributed by atoms with Crippen LogP contribution >= 0.6 is 0 Å². The molecule has 0 bridgehead atoms. The molecule has 0 aromatic heterocycles. The quantitative estimate of drug-likeness (QED) is 0.803. The molecule has 1 fully saturated rings. The van der Waals surface area contributed by atoms with Crippen LogP contribution in [-0.2, 0) is 14.8 Å². The van der Waals surface area contributed by atoms with Crippen LogP contribution in [0.2, 0.25) is 0 Å². The lowest BCUT2D eigenvalue weighted by Gasteiger charge is -2.33. The fourth-order valence-corrected chi connectivity index (χ4v) is 4.54. The molecule has 0 spiro atoms. The second-order valence-electron chi connectivity index (χ2n) is 6.37. The van der Waals surface area contributed by atoms with E-state index in [4.69, 9.17) is 0 Å². The largest absolute Gasteiger partial charge is 0.326 e. The number of likely N-dealkylation sites (N-methyl/N-ethyl adjacent to an activating group) is 1. The van der Waals surface area contributed by atoms with Gasteiger partial charge in [-0.2, -0.15) is 4.31 Å². The fourth-order valence-electron chi connectivity index (χ4n) is 3.07. The molecule has 7 heteroatoms. The maximum atomic E-state index is 12.9. The molecule has 1 aromatic carbocycles. The zero-order valence-electron chi connectivity index (χ0n) is 15.4. The summed E-state index contributed by atoms with van der Waals surface area (Å²) in [5.41, 5.74) is 0.533. The molecule has 0 atom stereocenters. The predicted molar refractivity (Wildman–Crippen MR) is 100 cm³/mol. The summed E-state index contributed by atoms with van der Waals surface area (Å²) in [6, 6.07) is 6.56. The topological polar surface area (TPSA) is 69.7 Å². The van der Waals surface area contributed by atoms with Crippen LogP contribution in [0.5, 0.6) is 0 Å². The number of nitrogens with one attached hydrogen (secondary N) is 1. The summed E-state index contributed by atoms with van der Waals surface area (Å²) in [5, 5.41) is 2.85. The van der Waals surface area contributed by atoms with Gasteiger partial charge in [-0.1, -0.05) is 26.8 Å². The fraction of sp³-hybridized carbons (Fsp3) is 0.611. The number of carbonyl (C=O) groups is 1. The minimum Gasteiger partial charge on any atom is -0.326 e. The van der Waals surface area contributed by atoms with E-state index >= 15 is 0 Å². The van der Waals surface area contributed by atoms with E-state index < -0.39 is 10.0 Å². The Labute approximate surface area is 151 Å². The molecular formula is C18H29N3O3S. The molecule has 2 rings (SSSR count). The number of hydrogen-bond acceptors (Lipinski definition) is 4. The minimum atomic E-state index is -3.53. The van der Waals surface area contributed by atoms with E-state index in [1.165, 1.54) is 4.31 Å². The third-order valence-corrected chi connectivity index (χ3v) is 6.77. The molecule has 0 saturated carbocycles. The Kier molecular flexibility index (Phi) is 6.98. The van der Waals surface area contributed by atoms with Crippen molar-refractivity contribution in [2.75, 3.05) is 38.0 Å². The molecule has 1 aliphatic heterocycles. The summed E-state index contributed by atoms with van der Waals surface area (Å²) < 4.78 is 27.3. The van der Waals surface area contributed by atoms with Gasteiger partial charge in [-0.3, -0.25) is 4.79 Å². The first-order valence-electron chi connectivity index (χ1n) is 9.05. The van der Waals surface area contributed by atoms with E-state index in [1.54, 1.807) is 24.3 Å². The SMILES string of the molecule is CCC(CC)C(=O)Nc1cccc(S(=O)(=O)N2CCN(CC)CC2)c1. The number of sulfonamides is 1. The molecule has 1 amide bonds. The number of benzene rings is 1. The summed E-state index contributed by atoms with van der Waals surface area (Å²) in [7, 11) is -3.53. The Morgan fingerprint density at radius 1 is 1.12 bits per heavy atom. The van der Waals surface area contributed by atoms with Gasteiger partial charge >= 0.3 is 0 Å². The summed E-state index contributed by atoms with van der Waals surface area (Å²) in [6.07, 6.45) is 1.53. The highest BCUT2D eigenvalue weighted by atomic mass is 32.2. The average Bonchev–Trinajstić information content (AvgIpc) is 2.63. The van der Waals surface area contributed by atoms with Crippen LogP contribution in [0, 0.1) is 5.92 Å². The maximum Gasteiger partial charge on any atom is 0.243 e. The number of carbonyl (C=O) groups excluding carboxylic acids is 1. The van der Waals surface area contributed by atoms with Crippen molar-refractivity contribution in [1.29, 1.82) is 0 Å². The van der Waals surface area contributed by atoms with Crippen LogP contribution in [0.25, 0.3) is 0 Å². The number of hydrogen-bond donors (Lipinski definition) is 1. The molecule has 1 saturated heterocycles. The molecule has 1 aliphatic rings. The number of amides is 1. The summed E-state index contributed by atoms with van der Waals surface area (Å²) in [6.45, 7) is 9.47. The molecule has 1 N–H and O–H groups in total. The Bertz CT molecular complexity index is 679. The van der Waals surface area contributed by atoms with Gasteiger partial charge in [-0.25, -0.2) is 8.42 Å².